The minimum Gasteiger partial charge on any atom is -0.301 e. The topological polar surface area (TPSA) is 3.24 Å². The maximum Gasteiger partial charge on any atom is 0.00387 e. The summed E-state index contributed by atoms with van der Waals surface area (Å²) < 4.78 is 0. The second-order valence-corrected chi connectivity index (χ2v) is 6.20. The molecule has 0 saturated carbocycles. The molecule has 1 nitrogen and oxygen atoms in total. The van der Waals surface area contributed by atoms with E-state index < -0.39 is 0 Å². The molecule has 2 heteroatoms. The van der Waals surface area contributed by atoms with Gasteiger partial charge in [-0.15, -0.1) is 0 Å². The molecule has 0 aliphatic carbocycles. The smallest absolute Gasteiger partial charge is 0.00387 e. The minimum absolute atomic E-state index is 0.364. The van der Waals surface area contributed by atoms with E-state index in [9.17, 15) is 0 Å². The molecule has 0 spiro atoms. The summed E-state index contributed by atoms with van der Waals surface area (Å²) in [5.74, 6) is 1.66. The van der Waals surface area contributed by atoms with Crippen LogP contribution in [0.15, 0.2) is 0 Å². The van der Waals surface area contributed by atoms with Crippen LogP contribution < -0.4 is 0 Å². The average Bonchev–Trinajstić information content (AvgIpc) is 2.09. The molecule has 0 aromatic carbocycles. The Labute approximate surface area is 102 Å². The molecule has 0 saturated heterocycles. The second kappa shape index (κ2) is 6.80. The first-order valence-electron chi connectivity index (χ1n) is 6.17. The summed E-state index contributed by atoms with van der Waals surface area (Å²) in [4.78, 5) is 2.58. The van der Waals surface area contributed by atoms with E-state index in [4.69, 9.17) is 0 Å². The van der Waals surface area contributed by atoms with Gasteiger partial charge in [0.15, 0.2) is 0 Å². The third kappa shape index (κ3) is 5.82. The van der Waals surface area contributed by atoms with Crippen LogP contribution >= 0.6 is 12.6 Å². The van der Waals surface area contributed by atoms with Crippen molar-refractivity contribution >= 4 is 12.6 Å². The van der Waals surface area contributed by atoms with Crippen LogP contribution in [0.2, 0.25) is 0 Å². The van der Waals surface area contributed by atoms with E-state index in [1.165, 1.54) is 19.5 Å². The Morgan fingerprint density at radius 2 is 1.73 bits per heavy atom. The van der Waals surface area contributed by atoms with Crippen LogP contribution in [-0.2, 0) is 0 Å². The number of thiol groups is 1. The average molecular weight is 231 g/mol. The monoisotopic (exact) mass is 231 g/mol. The second-order valence-electron chi connectivity index (χ2n) is 5.83. The maximum absolute atomic E-state index is 4.49. The largest absolute Gasteiger partial charge is 0.301 e. The molecule has 0 aliphatic rings. The Bertz CT molecular complexity index is 160. The summed E-state index contributed by atoms with van der Waals surface area (Å²) in [7, 11) is 0. The van der Waals surface area contributed by atoms with Crippen LogP contribution in [0, 0.1) is 11.3 Å². The van der Waals surface area contributed by atoms with Crippen LogP contribution in [0.4, 0.5) is 0 Å². The van der Waals surface area contributed by atoms with Crippen molar-refractivity contribution in [2.24, 2.45) is 11.3 Å². The molecule has 0 aromatic heterocycles. The fourth-order valence-corrected chi connectivity index (χ4v) is 2.40. The van der Waals surface area contributed by atoms with E-state index in [1.54, 1.807) is 0 Å². The molecule has 0 fully saturated rings. The molecule has 1 atom stereocenters. The van der Waals surface area contributed by atoms with Gasteiger partial charge in [0.2, 0.25) is 0 Å². The highest BCUT2D eigenvalue weighted by Crippen LogP contribution is 2.28. The highest BCUT2D eigenvalue weighted by molar-refractivity contribution is 7.80. The molecule has 0 aromatic rings. The molecule has 0 bridgehead atoms. The first-order chi connectivity index (χ1) is 6.82. The zero-order valence-corrected chi connectivity index (χ0v) is 12.3. The third-order valence-corrected chi connectivity index (χ3v) is 3.58. The van der Waals surface area contributed by atoms with Crippen molar-refractivity contribution in [3.63, 3.8) is 0 Å². The summed E-state index contributed by atoms with van der Waals surface area (Å²) >= 11 is 4.49. The van der Waals surface area contributed by atoms with Crippen molar-refractivity contribution in [2.75, 3.05) is 18.8 Å². The lowest BCUT2D eigenvalue weighted by molar-refractivity contribution is 0.138. The quantitative estimate of drug-likeness (QED) is 0.682. The van der Waals surface area contributed by atoms with Crippen molar-refractivity contribution in [1.29, 1.82) is 0 Å². The van der Waals surface area contributed by atoms with Gasteiger partial charge in [-0.25, -0.2) is 0 Å². The zero-order valence-electron chi connectivity index (χ0n) is 11.4. The number of hydrogen-bond donors (Lipinski definition) is 1. The fraction of sp³-hybridized carbons (Fsp3) is 1.00. The Hall–Kier alpha value is 0.310. The third-order valence-electron chi connectivity index (χ3n) is 3.14. The normalized spacial score (nSPS) is 15.0. The molecule has 1 unspecified atom stereocenters. The first kappa shape index (κ1) is 15.3. The van der Waals surface area contributed by atoms with E-state index in [1.807, 2.05) is 0 Å². The summed E-state index contributed by atoms with van der Waals surface area (Å²) in [5.41, 5.74) is 0.364. The van der Waals surface area contributed by atoms with Crippen LogP contribution in [0.25, 0.3) is 0 Å². The predicted octanol–water partition coefficient (Wildman–Crippen LogP) is 3.70. The van der Waals surface area contributed by atoms with Gasteiger partial charge < -0.3 is 4.90 Å². The van der Waals surface area contributed by atoms with Crippen molar-refractivity contribution in [1.82, 2.24) is 4.90 Å². The van der Waals surface area contributed by atoms with Gasteiger partial charge in [-0.3, -0.25) is 0 Å². The first-order valence-corrected chi connectivity index (χ1v) is 6.81. The molecule has 0 amide bonds. The summed E-state index contributed by atoms with van der Waals surface area (Å²) in [6, 6.07) is 0.648. The van der Waals surface area contributed by atoms with E-state index in [0.29, 0.717) is 17.4 Å². The summed E-state index contributed by atoms with van der Waals surface area (Å²) in [6.45, 7) is 16.2. The van der Waals surface area contributed by atoms with Gasteiger partial charge in [-0.2, -0.15) is 12.6 Å². The molecule has 0 aliphatic heterocycles. The van der Waals surface area contributed by atoms with Crippen LogP contribution in [0.1, 0.15) is 48.0 Å². The summed E-state index contributed by atoms with van der Waals surface area (Å²) in [5, 5.41) is 0. The standard InChI is InChI=1S/C13H29NS/c1-7-8-14(11(2)3)9-12(10-15)13(4,5)6/h11-12,15H,7-10H2,1-6H3. The van der Waals surface area contributed by atoms with E-state index in [2.05, 4.69) is 59.1 Å². The zero-order chi connectivity index (χ0) is 12.1. The molecule has 0 heterocycles. The number of rotatable bonds is 6. The molecule has 0 radical (unpaired) electrons. The van der Waals surface area contributed by atoms with Gasteiger partial charge in [0, 0.05) is 12.6 Å². The minimum atomic E-state index is 0.364. The SMILES string of the molecule is CCCN(CC(CS)C(C)(C)C)C(C)C. The summed E-state index contributed by atoms with van der Waals surface area (Å²) in [6.07, 6.45) is 1.24. The van der Waals surface area contributed by atoms with Gasteiger partial charge in [0.25, 0.3) is 0 Å². The van der Waals surface area contributed by atoms with Gasteiger partial charge in [0.05, 0.1) is 0 Å². The number of nitrogens with zero attached hydrogens (tertiary/aromatic N) is 1. The Balaban J connectivity index is 4.35. The van der Waals surface area contributed by atoms with Gasteiger partial charge in [0.1, 0.15) is 0 Å². The lowest BCUT2D eigenvalue weighted by Crippen LogP contribution is -2.40. The van der Waals surface area contributed by atoms with E-state index >= 15 is 0 Å². The van der Waals surface area contributed by atoms with E-state index in [-0.39, 0.29) is 0 Å². The van der Waals surface area contributed by atoms with Gasteiger partial charge in [-0.05, 0) is 43.9 Å². The molecule has 0 N–H and O–H groups in total. The van der Waals surface area contributed by atoms with Crippen molar-refractivity contribution in [3.05, 3.63) is 0 Å². The highest BCUT2D eigenvalue weighted by atomic mass is 32.1. The predicted molar refractivity (Wildman–Crippen MR) is 73.8 cm³/mol. The Morgan fingerprint density at radius 1 is 1.20 bits per heavy atom. The maximum atomic E-state index is 4.49. The lowest BCUT2D eigenvalue weighted by Gasteiger charge is -2.36. The molecular weight excluding hydrogens is 202 g/mol. The lowest BCUT2D eigenvalue weighted by atomic mass is 9.81. The fourth-order valence-electron chi connectivity index (χ4n) is 1.74. The Kier molecular flexibility index (Phi) is 6.94. The highest BCUT2D eigenvalue weighted by Gasteiger charge is 2.25. The molecular formula is C13H29NS. The van der Waals surface area contributed by atoms with Crippen molar-refractivity contribution in [3.8, 4) is 0 Å². The molecule has 92 valence electrons. The van der Waals surface area contributed by atoms with Crippen molar-refractivity contribution < 1.29 is 0 Å². The van der Waals surface area contributed by atoms with Gasteiger partial charge >= 0.3 is 0 Å². The van der Waals surface area contributed by atoms with Crippen LogP contribution in [0.5, 0.6) is 0 Å². The van der Waals surface area contributed by atoms with Crippen LogP contribution in [-0.4, -0.2) is 29.8 Å². The van der Waals surface area contributed by atoms with Crippen LogP contribution in [0.3, 0.4) is 0 Å². The number of hydrogen-bond acceptors (Lipinski definition) is 2. The van der Waals surface area contributed by atoms with E-state index in [0.717, 1.165) is 5.75 Å². The molecule has 15 heavy (non-hydrogen) atoms. The Morgan fingerprint density at radius 3 is 2.00 bits per heavy atom. The van der Waals surface area contributed by atoms with Crippen molar-refractivity contribution in [2.45, 2.75) is 54.0 Å². The molecule has 0 rings (SSSR count). The van der Waals surface area contributed by atoms with Gasteiger partial charge in [-0.1, -0.05) is 27.7 Å².